The van der Waals surface area contributed by atoms with Crippen molar-refractivity contribution in [1.29, 1.82) is 0 Å². The van der Waals surface area contributed by atoms with Crippen molar-refractivity contribution in [3.8, 4) is 0 Å². The van der Waals surface area contributed by atoms with Gasteiger partial charge in [0.2, 0.25) is 0 Å². The van der Waals surface area contributed by atoms with Gasteiger partial charge in [0.05, 0.1) is 5.57 Å². The summed E-state index contributed by atoms with van der Waals surface area (Å²) in [6, 6.07) is 0. The topological polar surface area (TPSA) is 43.4 Å². The molecule has 0 aromatic carbocycles. The van der Waals surface area contributed by atoms with E-state index in [2.05, 4.69) is 27.6 Å². The highest BCUT2D eigenvalue weighted by Gasteiger charge is 2.31. The first kappa shape index (κ1) is 14.4. The smallest absolute Gasteiger partial charge is 0.343 e. The number of halogens is 1. The second-order valence-corrected chi connectivity index (χ2v) is 4.85. The Labute approximate surface area is 111 Å². The molecule has 0 fully saturated rings. The molecule has 0 spiro atoms. The monoisotopic (exact) mass is 302 g/mol. The van der Waals surface area contributed by atoms with Crippen LogP contribution in [0.1, 0.15) is 51.9 Å². The highest BCUT2D eigenvalue weighted by molar-refractivity contribution is 9.09. The molecule has 1 rings (SSSR count). The molecule has 1 aliphatic rings. The fourth-order valence-corrected chi connectivity index (χ4v) is 2.49. The van der Waals surface area contributed by atoms with E-state index in [0.717, 1.165) is 12.8 Å². The molecule has 0 saturated carbocycles. The van der Waals surface area contributed by atoms with Crippen molar-refractivity contribution < 1.29 is 14.3 Å². The Kier molecular flexibility index (Phi) is 6.48. The lowest BCUT2D eigenvalue weighted by molar-refractivity contribution is -0.151. The molecule has 0 radical (unpaired) electrons. The number of hydrogen-bond acceptors (Lipinski definition) is 3. The number of carbonyl (C=O) groups is 2. The van der Waals surface area contributed by atoms with Gasteiger partial charge in [-0.2, -0.15) is 0 Å². The first-order valence-electron chi connectivity index (χ1n) is 6.25. The van der Waals surface area contributed by atoms with Crippen LogP contribution in [0, 0.1) is 0 Å². The van der Waals surface area contributed by atoms with Crippen molar-refractivity contribution >= 4 is 27.9 Å². The van der Waals surface area contributed by atoms with Gasteiger partial charge in [-0.15, -0.1) is 0 Å². The summed E-state index contributed by atoms with van der Waals surface area (Å²) in [6.45, 7) is 2.19. The maximum Gasteiger partial charge on any atom is 0.343 e. The van der Waals surface area contributed by atoms with Gasteiger partial charge >= 0.3 is 11.9 Å². The van der Waals surface area contributed by atoms with E-state index in [9.17, 15) is 9.59 Å². The molecule has 0 amide bonds. The van der Waals surface area contributed by atoms with E-state index in [1.54, 1.807) is 0 Å². The van der Waals surface area contributed by atoms with E-state index in [0.29, 0.717) is 22.9 Å². The Morgan fingerprint density at radius 3 is 2.18 bits per heavy atom. The molecule has 0 bridgehead atoms. The molecule has 0 atom stereocenters. The second kappa shape index (κ2) is 7.64. The number of carbonyl (C=O) groups excluding carboxylic acids is 2. The molecule has 0 aromatic heterocycles. The lowest BCUT2D eigenvalue weighted by Crippen LogP contribution is -2.02. The lowest BCUT2D eigenvalue weighted by Gasteiger charge is -2.01. The fourth-order valence-electron chi connectivity index (χ4n) is 1.92. The molecule has 0 aromatic rings. The largest absolute Gasteiger partial charge is 0.386 e. The zero-order chi connectivity index (χ0) is 12.7. The summed E-state index contributed by atoms with van der Waals surface area (Å²) in [6.07, 6.45) is 7.70. The minimum Gasteiger partial charge on any atom is -0.386 e. The Hall–Kier alpha value is -0.640. The summed E-state index contributed by atoms with van der Waals surface area (Å²) >= 11 is 3.22. The van der Waals surface area contributed by atoms with Crippen molar-refractivity contribution in [2.24, 2.45) is 0 Å². The normalized spacial score (nSPS) is 15.6. The standard InChI is InChI=1S/C13H19BrO3/c1-2-3-4-5-6-7-8-10-11(9-14)13(16)17-12(10)15/h2-9H2,1H3. The van der Waals surface area contributed by atoms with Crippen LogP contribution in [0.25, 0.3) is 0 Å². The maximum absolute atomic E-state index is 11.4. The molecule has 17 heavy (non-hydrogen) atoms. The molecular formula is C13H19BrO3. The van der Waals surface area contributed by atoms with E-state index in [4.69, 9.17) is 0 Å². The number of cyclic esters (lactones) is 2. The second-order valence-electron chi connectivity index (χ2n) is 4.29. The summed E-state index contributed by atoms with van der Waals surface area (Å²) in [5.41, 5.74) is 1.07. The maximum atomic E-state index is 11.4. The molecule has 3 nitrogen and oxygen atoms in total. The van der Waals surface area contributed by atoms with Crippen molar-refractivity contribution in [1.82, 2.24) is 0 Å². The van der Waals surface area contributed by atoms with E-state index in [1.165, 1.54) is 25.7 Å². The van der Waals surface area contributed by atoms with E-state index in [1.807, 2.05) is 0 Å². The lowest BCUT2D eigenvalue weighted by atomic mass is 10.0. The van der Waals surface area contributed by atoms with Crippen molar-refractivity contribution in [3.63, 3.8) is 0 Å². The van der Waals surface area contributed by atoms with Gasteiger partial charge in [-0.3, -0.25) is 0 Å². The minimum absolute atomic E-state index is 0.405. The van der Waals surface area contributed by atoms with Crippen LogP contribution in [-0.2, 0) is 14.3 Å². The molecule has 0 unspecified atom stereocenters. The van der Waals surface area contributed by atoms with Crippen LogP contribution in [0.5, 0.6) is 0 Å². The number of rotatable bonds is 8. The van der Waals surface area contributed by atoms with Gasteiger partial charge in [-0.1, -0.05) is 55.0 Å². The summed E-state index contributed by atoms with van der Waals surface area (Å²) in [7, 11) is 0. The van der Waals surface area contributed by atoms with Crippen molar-refractivity contribution in [2.45, 2.75) is 51.9 Å². The SMILES string of the molecule is CCCCCCCCC1=C(CBr)C(=O)OC1=O. The molecule has 4 heteroatoms. The third-order valence-corrected chi connectivity index (χ3v) is 3.52. The van der Waals surface area contributed by atoms with Crippen LogP contribution in [0.2, 0.25) is 0 Å². The van der Waals surface area contributed by atoms with Crippen LogP contribution in [0.3, 0.4) is 0 Å². The molecule has 96 valence electrons. The van der Waals surface area contributed by atoms with Gasteiger partial charge in [-0.05, 0) is 12.8 Å². The van der Waals surface area contributed by atoms with Gasteiger partial charge in [0.25, 0.3) is 0 Å². The summed E-state index contributed by atoms with van der Waals surface area (Å²) < 4.78 is 4.59. The average Bonchev–Trinajstić information content (AvgIpc) is 2.58. The van der Waals surface area contributed by atoms with Crippen LogP contribution in [0.15, 0.2) is 11.1 Å². The van der Waals surface area contributed by atoms with Crippen LogP contribution in [0.4, 0.5) is 0 Å². The van der Waals surface area contributed by atoms with Crippen LogP contribution in [-0.4, -0.2) is 17.3 Å². The van der Waals surface area contributed by atoms with Crippen molar-refractivity contribution in [3.05, 3.63) is 11.1 Å². The Morgan fingerprint density at radius 1 is 0.941 bits per heavy atom. The van der Waals surface area contributed by atoms with Gasteiger partial charge < -0.3 is 4.74 Å². The Bertz CT molecular complexity index is 321. The predicted octanol–water partition coefficient (Wildman–Crippen LogP) is 3.51. The highest BCUT2D eigenvalue weighted by atomic mass is 79.9. The van der Waals surface area contributed by atoms with Gasteiger partial charge in [0, 0.05) is 10.9 Å². The zero-order valence-electron chi connectivity index (χ0n) is 10.3. The van der Waals surface area contributed by atoms with Crippen LogP contribution >= 0.6 is 15.9 Å². The zero-order valence-corrected chi connectivity index (χ0v) is 11.8. The average molecular weight is 303 g/mol. The number of hydrogen-bond donors (Lipinski definition) is 0. The van der Waals surface area contributed by atoms with Crippen LogP contribution < -0.4 is 0 Å². The third kappa shape index (κ3) is 4.26. The molecule has 0 N–H and O–H groups in total. The molecule has 1 heterocycles. The van der Waals surface area contributed by atoms with E-state index < -0.39 is 11.9 Å². The van der Waals surface area contributed by atoms with Gasteiger partial charge in [0.1, 0.15) is 0 Å². The summed E-state index contributed by atoms with van der Waals surface area (Å²) in [5.74, 6) is -0.925. The van der Waals surface area contributed by atoms with Gasteiger partial charge in [-0.25, -0.2) is 9.59 Å². The fraction of sp³-hybridized carbons (Fsp3) is 0.692. The summed E-state index contributed by atoms with van der Waals surface area (Å²) in [4.78, 5) is 22.7. The number of unbranched alkanes of at least 4 members (excludes halogenated alkanes) is 5. The number of alkyl halides is 1. The minimum atomic E-state index is -0.479. The third-order valence-electron chi connectivity index (χ3n) is 2.96. The number of ether oxygens (including phenoxy) is 1. The van der Waals surface area contributed by atoms with E-state index in [-0.39, 0.29) is 0 Å². The highest BCUT2D eigenvalue weighted by Crippen LogP contribution is 2.24. The predicted molar refractivity (Wildman–Crippen MR) is 69.9 cm³/mol. The van der Waals surface area contributed by atoms with Gasteiger partial charge in [0.15, 0.2) is 0 Å². The first-order chi connectivity index (χ1) is 8.20. The first-order valence-corrected chi connectivity index (χ1v) is 7.37. The molecule has 0 aliphatic carbocycles. The summed E-state index contributed by atoms with van der Waals surface area (Å²) in [5, 5.41) is 0.405. The molecule has 1 aliphatic heterocycles. The number of esters is 2. The molecule has 0 saturated heterocycles. The Balaban J connectivity index is 2.32. The molecular weight excluding hydrogens is 284 g/mol. The van der Waals surface area contributed by atoms with E-state index >= 15 is 0 Å². The quantitative estimate of drug-likeness (QED) is 0.298. The van der Waals surface area contributed by atoms with Crippen molar-refractivity contribution in [2.75, 3.05) is 5.33 Å². The Morgan fingerprint density at radius 2 is 1.53 bits per heavy atom.